The van der Waals surface area contributed by atoms with Crippen LogP contribution in [0.2, 0.25) is 0 Å². The number of hydrogen-bond acceptors (Lipinski definition) is 3. The van der Waals surface area contributed by atoms with Crippen LogP contribution in [0.5, 0.6) is 0 Å². The lowest BCUT2D eigenvalue weighted by Crippen LogP contribution is -2.43. The molecule has 132 valence electrons. The van der Waals surface area contributed by atoms with E-state index in [-0.39, 0.29) is 0 Å². The molecular formula is C20H26N4O. The first-order valence-electron chi connectivity index (χ1n) is 9.11. The first kappa shape index (κ1) is 16.3. The van der Waals surface area contributed by atoms with Crippen molar-refractivity contribution >= 4 is 5.91 Å². The van der Waals surface area contributed by atoms with Gasteiger partial charge in [0.1, 0.15) is 0 Å². The molecule has 0 unspecified atom stereocenters. The van der Waals surface area contributed by atoms with Crippen LogP contribution in [-0.2, 0) is 24.9 Å². The molecule has 1 aromatic carbocycles. The molecule has 0 spiro atoms. The molecule has 2 saturated heterocycles. The predicted octanol–water partition coefficient (Wildman–Crippen LogP) is 2.21. The van der Waals surface area contributed by atoms with Crippen molar-refractivity contribution in [3.63, 3.8) is 0 Å². The summed E-state index contributed by atoms with van der Waals surface area (Å²) in [5.41, 5.74) is 3.75. The maximum Gasteiger partial charge on any atom is 0.223 e. The van der Waals surface area contributed by atoms with Crippen molar-refractivity contribution in [3.05, 3.63) is 53.3 Å². The van der Waals surface area contributed by atoms with E-state index in [2.05, 4.69) is 34.0 Å². The Balaban J connectivity index is 1.40. The summed E-state index contributed by atoms with van der Waals surface area (Å²) in [6, 6.07) is 10.3. The summed E-state index contributed by atoms with van der Waals surface area (Å²) in [4.78, 5) is 17.1. The summed E-state index contributed by atoms with van der Waals surface area (Å²) in [5, 5.41) is 4.35. The van der Waals surface area contributed by atoms with E-state index in [0.717, 1.165) is 32.7 Å². The lowest BCUT2D eigenvalue weighted by atomic mass is 9.88. The zero-order valence-corrected chi connectivity index (χ0v) is 15.1. The van der Waals surface area contributed by atoms with Crippen LogP contribution in [0, 0.1) is 18.8 Å². The van der Waals surface area contributed by atoms with Gasteiger partial charge < -0.3 is 4.90 Å². The maximum absolute atomic E-state index is 12.6. The molecule has 2 aliphatic rings. The lowest BCUT2D eigenvalue weighted by Gasteiger charge is -2.34. The van der Waals surface area contributed by atoms with Crippen molar-refractivity contribution in [2.75, 3.05) is 19.6 Å². The molecular weight excluding hydrogens is 312 g/mol. The molecule has 4 rings (SSSR count). The van der Waals surface area contributed by atoms with Gasteiger partial charge in [-0.05, 0) is 24.3 Å². The van der Waals surface area contributed by atoms with Crippen molar-refractivity contribution < 1.29 is 4.79 Å². The van der Waals surface area contributed by atoms with Crippen molar-refractivity contribution in [1.82, 2.24) is 19.6 Å². The average molecular weight is 338 g/mol. The van der Waals surface area contributed by atoms with Crippen LogP contribution < -0.4 is 0 Å². The first-order chi connectivity index (χ1) is 12.1. The number of fused-ring (bicyclic) bond motifs is 1. The molecule has 25 heavy (non-hydrogen) atoms. The standard InChI is InChI=1S/C20H26N4O/c1-15-18(9-21-22(15)2)12-23-11-17-8-20(25)24(14-19(17)13-23)10-16-6-4-3-5-7-16/h3-7,9,17,19H,8,10-14H2,1-2H3/t17-,19-/m0/s1. The van der Waals surface area contributed by atoms with Crippen molar-refractivity contribution in [1.29, 1.82) is 0 Å². The summed E-state index contributed by atoms with van der Waals surface area (Å²) in [6.45, 7) is 6.81. The summed E-state index contributed by atoms with van der Waals surface area (Å²) in [6.07, 6.45) is 2.67. The number of carbonyl (C=O) groups is 1. The fourth-order valence-electron chi connectivity index (χ4n) is 4.24. The third-order valence-corrected chi connectivity index (χ3v) is 5.84. The number of benzene rings is 1. The number of aryl methyl sites for hydroxylation is 1. The van der Waals surface area contributed by atoms with E-state index in [9.17, 15) is 4.79 Å². The molecule has 0 radical (unpaired) electrons. The van der Waals surface area contributed by atoms with E-state index in [4.69, 9.17) is 0 Å². The fourth-order valence-corrected chi connectivity index (χ4v) is 4.24. The maximum atomic E-state index is 12.6. The third kappa shape index (κ3) is 3.33. The minimum atomic E-state index is 0.310. The highest BCUT2D eigenvalue weighted by Gasteiger charge is 2.40. The Kier molecular flexibility index (Phi) is 4.34. The molecule has 2 aromatic rings. The molecule has 0 N–H and O–H groups in total. The molecule has 2 fully saturated rings. The van der Waals surface area contributed by atoms with Crippen molar-refractivity contribution in [2.45, 2.75) is 26.4 Å². The molecule has 0 bridgehead atoms. The van der Waals surface area contributed by atoms with Gasteiger partial charge in [-0.15, -0.1) is 0 Å². The molecule has 5 heteroatoms. The van der Waals surface area contributed by atoms with Crippen LogP contribution in [0.15, 0.2) is 36.5 Å². The number of carbonyl (C=O) groups excluding carboxylic acids is 1. The summed E-state index contributed by atoms with van der Waals surface area (Å²) < 4.78 is 1.93. The third-order valence-electron chi connectivity index (χ3n) is 5.84. The zero-order valence-electron chi connectivity index (χ0n) is 15.1. The van der Waals surface area contributed by atoms with Crippen LogP contribution in [0.1, 0.15) is 23.2 Å². The second kappa shape index (κ2) is 6.64. The number of likely N-dealkylation sites (tertiary alicyclic amines) is 2. The van der Waals surface area contributed by atoms with Gasteiger partial charge in [-0.3, -0.25) is 14.4 Å². The monoisotopic (exact) mass is 338 g/mol. The smallest absolute Gasteiger partial charge is 0.223 e. The fraction of sp³-hybridized carbons (Fsp3) is 0.500. The number of amides is 1. The average Bonchev–Trinajstić information content (AvgIpc) is 3.13. The predicted molar refractivity (Wildman–Crippen MR) is 96.7 cm³/mol. The minimum absolute atomic E-state index is 0.310. The molecule has 2 aliphatic heterocycles. The zero-order chi connectivity index (χ0) is 17.4. The number of hydrogen-bond donors (Lipinski definition) is 0. The minimum Gasteiger partial charge on any atom is -0.338 e. The van der Waals surface area contributed by atoms with Crippen LogP contribution in [0.3, 0.4) is 0 Å². The lowest BCUT2D eigenvalue weighted by molar-refractivity contribution is -0.136. The Morgan fingerprint density at radius 2 is 1.84 bits per heavy atom. The Labute approximate surface area is 149 Å². The van der Waals surface area contributed by atoms with Gasteiger partial charge in [0, 0.05) is 57.4 Å². The van der Waals surface area contributed by atoms with Crippen molar-refractivity contribution in [3.8, 4) is 0 Å². The van der Waals surface area contributed by atoms with E-state index >= 15 is 0 Å². The quantitative estimate of drug-likeness (QED) is 0.858. The number of nitrogens with zero attached hydrogens (tertiary/aromatic N) is 4. The van der Waals surface area contributed by atoms with Gasteiger partial charge in [-0.25, -0.2) is 0 Å². The molecule has 1 amide bonds. The molecule has 1 aromatic heterocycles. The largest absolute Gasteiger partial charge is 0.338 e. The van der Waals surface area contributed by atoms with E-state index < -0.39 is 0 Å². The van der Waals surface area contributed by atoms with Crippen LogP contribution in [0.25, 0.3) is 0 Å². The number of aromatic nitrogens is 2. The normalized spacial score (nSPS) is 23.9. The van der Waals surface area contributed by atoms with Crippen molar-refractivity contribution in [2.24, 2.45) is 18.9 Å². The van der Waals surface area contributed by atoms with Gasteiger partial charge >= 0.3 is 0 Å². The van der Waals surface area contributed by atoms with E-state index in [0.29, 0.717) is 24.2 Å². The summed E-state index contributed by atoms with van der Waals surface area (Å²) in [5.74, 6) is 1.42. The molecule has 5 nitrogen and oxygen atoms in total. The van der Waals surface area contributed by atoms with Gasteiger partial charge in [0.25, 0.3) is 0 Å². The second-order valence-electron chi connectivity index (χ2n) is 7.56. The van der Waals surface area contributed by atoms with Gasteiger partial charge in [0.15, 0.2) is 0 Å². The summed E-state index contributed by atoms with van der Waals surface area (Å²) >= 11 is 0. The Bertz CT molecular complexity index is 754. The Morgan fingerprint density at radius 1 is 1.08 bits per heavy atom. The summed E-state index contributed by atoms with van der Waals surface area (Å²) in [7, 11) is 1.99. The molecule has 0 saturated carbocycles. The highest BCUT2D eigenvalue weighted by molar-refractivity contribution is 5.77. The number of piperidine rings is 1. The van der Waals surface area contributed by atoms with Gasteiger partial charge in [-0.2, -0.15) is 5.10 Å². The molecule has 2 atom stereocenters. The molecule has 3 heterocycles. The van der Waals surface area contributed by atoms with Gasteiger partial charge in [0.05, 0.1) is 6.20 Å². The number of rotatable bonds is 4. The molecule has 0 aliphatic carbocycles. The van der Waals surface area contributed by atoms with Crippen LogP contribution in [0.4, 0.5) is 0 Å². The van der Waals surface area contributed by atoms with Crippen LogP contribution in [-0.4, -0.2) is 45.1 Å². The highest BCUT2D eigenvalue weighted by Crippen LogP contribution is 2.33. The topological polar surface area (TPSA) is 41.4 Å². The second-order valence-corrected chi connectivity index (χ2v) is 7.56. The van der Waals surface area contributed by atoms with E-state index in [1.54, 1.807) is 0 Å². The van der Waals surface area contributed by atoms with E-state index in [1.807, 2.05) is 36.1 Å². The Hall–Kier alpha value is -2.14. The van der Waals surface area contributed by atoms with E-state index in [1.165, 1.54) is 16.8 Å². The Morgan fingerprint density at radius 3 is 2.56 bits per heavy atom. The van der Waals surface area contributed by atoms with Crippen LogP contribution >= 0.6 is 0 Å². The highest BCUT2D eigenvalue weighted by atomic mass is 16.2. The first-order valence-corrected chi connectivity index (χ1v) is 9.11. The SMILES string of the molecule is Cc1c(CN2C[C@@H]3CC(=O)N(Cc4ccccc4)C[C@@H]3C2)cnn1C. The van der Waals surface area contributed by atoms with Gasteiger partial charge in [-0.1, -0.05) is 30.3 Å². The van der Waals surface area contributed by atoms with Gasteiger partial charge in [0.2, 0.25) is 5.91 Å².